The van der Waals surface area contributed by atoms with Gasteiger partial charge < -0.3 is 24.2 Å². The molecule has 0 radical (unpaired) electrons. The average Bonchev–Trinajstić information content (AvgIpc) is 3.11. The van der Waals surface area contributed by atoms with Gasteiger partial charge in [0, 0.05) is 51.1 Å². The molecule has 7 nitrogen and oxygen atoms in total. The van der Waals surface area contributed by atoms with Gasteiger partial charge in [-0.15, -0.1) is 0 Å². The molecule has 3 fully saturated rings. The van der Waals surface area contributed by atoms with Gasteiger partial charge in [-0.1, -0.05) is 0 Å². The van der Waals surface area contributed by atoms with Gasteiger partial charge in [-0.2, -0.15) is 0 Å². The summed E-state index contributed by atoms with van der Waals surface area (Å²) in [5.41, 5.74) is -0.657. The zero-order valence-electron chi connectivity index (χ0n) is 17.8. The first-order valence-corrected chi connectivity index (χ1v) is 10.3. The fraction of sp³-hybridized carbons (Fsp3) is 0.947. The first kappa shape index (κ1) is 20.9. The van der Waals surface area contributed by atoms with Gasteiger partial charge in [0.2, 0.25) is 0 Å². The fourth-order valence-corrected chi connectivity index (χ4v) is 4.24. The van der Waals surface area contributed by atoms with Crippen molar-refractivity contribution < 1.29 is 19.2 Å². The number of carbonyl (C=O) groups excluding carboxylic acids is 1. The zero-order chi connectivity index (χ0) is 20.0. The maximum atomic E-state index is 13.0. The molecule has 0 aromatic rings. The SMILES string of the molecule is CC(O)CN1CCN(C(=O)N2CCC(B3OC(C)(C)C(C)(C)O3)C2)CC1C. The molecule has 2 amide bonds. The normalized spacial score (nSPS) is 32.2. The number of hydrogen-bond donors (Lipinski definition) is 1. The maximum Gasteiger partial charge on any atom is 0.463 e. The van der Waals surface area contributed by atoms with Gasteiger partial charge in [-0.25, -0.2) is 4.79 Å². The Bertz CT molecular complexity index is 541. The summed E-state index contributed by atoms with van der Waals surface area (Å²) in [5.74, 6) is 0.226. The van der Waals surface area contributed by atoms with Crippen molar-refractivity contribution in [3.63, 3.8) is 0 Å². The molecule has 3 rings (SSSR count). The molecule has 0 bridgehead atoms. The van der Waals surface area contributed by atoms with E-state index in [0.29, 0.717) is 26.2 Å². The van der Waals surface area contributed by atoms with Gasteiger partial charge in [0.1, 0.15) is 0 Å². The highest BCUT2D eigenvalue weighted by atomic mass is 16.7. The standard InChI is InChI=1S/C19H36BN3O4/c1-14-11-23(10-9-21(14)12-15(2)24)17(25)22-8-7-16(13-22)20-26-18(3,4)19(5,6)27-20/h14-16,24H,7-13H2,1-6H3. The second-order valence-electron chi connectivity index (χ2n) is 9.54. The van der Waals surface area contributed by atoms with Crippen molar-refractivity contribution in [2.45, 2.75) is 77.1 Å². The number of aliphatic hydroxyl groups excluding tert-OH is 1. The van der Waals surface area contributed by atoms with Gasteiger partial charge in [-0.05, 0) is 48.0 Å². The molecule has 154 valence electrons. The number of piperazine rings is 1. The Balaban J connectivity index is 1.53. The number of rotatable bonds is 3. The zero-order valence-corrected chi connectivity index (χ0v) is 17.8. The molecule has 0 aromatic heterocycles. The summed E-state index contributed by atoms with van der Waals surface area (Å²) < 4.78 is 12.4. The van der Waals surface area contributed by atoms with Crippen LogP contribution >= 0.6 is 0 Å². The molecule has 3 atom stereocenters. The van der Waals surface area contributed by atoms with Gasteiger partial charge in [0.15, 0.2) is 0 Å². The van der Waals surface area contributed by atoms with Crippen molar-refractivity contribution in [1.82, 2.24) is 14.7 Å². The maximum absolute atomic E-state index is 13.0. The van der Waals surface area contributed by atoms with Crippen LogP contribution in [0.4, 0.5) is 4.79 Å². The molecular formula is C19H36BN3O4. The summed E-state index contributed by atoms with van der Waals surface area (Å²) in [7, 11) is -0.241. The Morgan fingerprint density at radius 1 is 1.11 bits per heavy atom. The lowest BCUT2D eigenvalue weighted by molar-refractivity contribution is 0.00578. The van der Waals surface area contributed by atoms with Crippen LogP contribution in [0.1, 0.15) is 48.0 Å². The second kappa shape index (κ2) is 7.54. The van der Waals surface area contributed by atoms with E-state index < -0.39 is 0 Å². The highest BCUT2D eigenvalue weighted by Gasteiger charge is 2.55. The first-order valence-electron chi connectivity index (χ1n) is 10.3. The van der Waals surface area contributed by atoms with E-state index in [9.17, 15) is 9.90 Å². The molecule has 27 heavy (non-hydrogen) atoms. The van der Waals surface area contributed by atoms with Crippen LogP contribution in [0, 0.1) is 0 Å². The van der Waals surface area contributed by atoms with E-state index in [-0.39, 0.29) is 42.3 Å². The number of nitrogens with zero attached hydrogens (tertiary/aromatic N) is 3. The molecule has 3 saturated heterocycles. The Labute approximate surface area is 164 Å². The van der Waals surface area contributed by atoms with Crippen molar-refractivity contribution in [2.75, 3.05) is 39.3 Å². The van der Waals surface area contributed by atoms with E-state index in [0.717, 1.165) is 19.5 Å². The predicted molar refractivity (Wildman–Crippen MR) is 106 cm³/mol. The first-order chi connectivity index (χ1) is 12.5. The van der Waals surface area contributed by atoms with Crippen LogP contribution in [-0.4, -0.2) is 95.6 Å². The topological polar surface area (TPSA) is 65.5 Å². The Kier molecular flexibility index (Phi) is 5.84. The highest BCUT2D eigenvalue weighted by molar-refractivity contribution is 6.47. The quantitative estimate of drug-likeness (QED) is 0.754. The van der Waals surface area contributed by atoms with Crippen molar-refractivity contribution in [2.24, 2.45) is 0 Å². The summed E-state index contributed by atoms with van der Waals surface area (Å²) >= 11 is 0. The van der Waals surface area contributed by atoms with E-state index >= 15 is 0 Å². The van der Waals surface area contributed by atoms with Crippen molar-refractivity contribution in [3.8, 4) is 0 Å². The average molecular weight is 381 g/mol. The van der Waals surface area contributed by atoms with Crippen LogP contribution in [0.15, 0.2) is 0 Å². The third-order valence-corrected chi connectivity index (χ3v) is 6.69. The third-order valence-electron chi connectivity index (χ3n) is 6.69. The Morgan fingerprint density at radius 2 is 1.70 bits per heavy atom. The lowest BCUT2D eigenvalue weighted by Gasteiger charge is -2.41. The predicted octanol–water partition coefficient (Wildman–Crippen LogP) is 1.66. The lowest BCUT2D eigenvalue weighted by Crippen LogP contribution is -2.57. The molecule has 0 saturated carbocycles. The molecule has 0 aliphatic carbocycles. The molecule has 3 aliphatic rings. The van der Waals surface area contributed by atoms with Crippen LogP contribution in [0.25, 0.3) is 0 Å². The largest absolute Gasteiger partial charge is 0.463 e. The van der Waals surface area contributed by atoms with Crippen LogP contribution in [0.3, 0.4) is 0 Å². The summed E-state index contributed by atoms with van der Waals surface area (Å²) in [6.45, 7) is 16.6. The molecule has 3 aliphatic heterocycles. The van der Waals surface area contributed by atoms with E-state index in [2.05, 4.69) is 39.5 Å². The monoisotopic (exact) mass is 381 g/mol. The minimum absolute atomic E-state index is 0.123. The minimum Gasteiger partial charge on any atom is -0.403 e. The minimum atomic E-state index is -0.339. The fourth-order valence-electron chi connectivity index (χ4n) is 4.24. The molecule has 8 heteroatoms. The summed E-state index contributed by atoms with van der Waals surface area (Å²) in [6.07, 6.45) is 0.578. The molecular weight excluding hydrogens is 345 g/mol. The van der Waals surface area contributed by atoms with Gasteiger partial charge in [0.05, 0.1) is 17.3 Å². The highest BCUT2D eigenvalue weighted by Crippen LogP contribution is 2.42. The van der Waals surface area contributed by atoms with Crippen molar-refractivity contribution >= 4 is 13.1 Å². The van der Waals surface area contributed by atoms with Crippen LogP contribution in [-0.2, 0) is 9.31 Å². The van der Waals surface area contributed by atoms with Crippen LogP contribution in [0.2, 0.25) is 5.82 Å². The third kappa shape index (κ3) is 4.28. The van der Waals surface area contributed by atoms with Gasteiger partial charge in [-0.3, -0.25) is 4.90 Å². The van der Waals surface area contributed by atoms with Crippen LogP contribution < -0.4 is 0 Å². The van der Waals surface area contributed by atoms with E-state index in [1.165, 1.54) is 0 Å². The molecule has 3 unspecified atom stereocenters. The van der Waals surface area contributed by atoms with Crippen molar-refractivity contribution in [3.05, 3.63) is 0 Å². The van der Waals surface area contributed by atoms with E-state index in [4.69, 9.17) is 9.31 Å². The van der Waals surface area contributed by atoms with Crippen LogP contribution in [0.5, 0.6) is 0 Å². The molecule has 0 aromatic carbocycles. The number of likely N-dealkylation sites (tertiary alicyclic amines) is 1. The molecule has 3 heterocycles. The number of carbonyl (C=O) groups is 1. The van der Waals surface area contributed by atoms with E-state index in [1.807, 2.05) is 16.7 Å². The van der Waals surface area contributed by atoms with Gasteiger partial charge >= 0.3 is 13.1 Å². The lowest BCUT2D eigenvalue weighted by atomic mass is 9.71. The number of aliphatic hydroxyl groups is 1. The smallest absolute Gasteiger partial charge is 0.403 e. The Morgan fingerprint density at radius 3 is 2.26 bits per heavy atom. The van der Waals surface area contributed by atoms with E-state index in [1.54, 1.807) is 0 Å². The van der Waals surface area contributed by atoms with Gasteiger partial charge in [0.25, 0.3) is 0 Å². The summed E-state index contributed by atoms with van der Waals surface area (Å²) in [4.78, 5) is 19.2. The Hall–Kier alpha value is -0.825. The number of hydrogen-bond acceptors (Lipinski definition) is 5. The number of β-amino-alcohol motifs (C(OH)–C–C–N with tert-alkyl or cyclic N) is 1. The molecule has 1 N–H and O–H groups in total. The number of amides is 2. The number of urea groups is 1. The van der Waals surface area contributed by atoms with Crippen molar-refractivity contribution in [1.29, 1.82) is 0 Å². The summed E-state index contributed by atoms with van der Waals surface area (Å²) in [5, 5.41) is 9.62. The molecule has 0 spiro atoms. The second-order valence-corrected chi connectivity index (χ2v) is 9.54. The summed E-state index contributed by atoms with van der Waals surface area (Å²) in [6, 6.07) is 0.386.